The van der Waals surface area contributed by atoms with Crippen molar-refractivity contribution in [3.8, 4) is 0 Å². The van der Waals surface area contributed by atoms with E-state index in [1.807, 2.05) is 32.0 Å². The van der Waals surface area contributed by atoms with Gasteiger partial charge in [-0.25, -0.2) is 0 Å². The maximum Gasteiger partial charge on any atom is 0.138 e. The molecule has 0 amide bonds. The Labute approximate surface area is 80.9 Å². The number of rotatable bonds is 2. The third-order valence-electron chi connectivity index (χ3n) is 1.94. The third kappa shape index (κ3) is 1.75. The van der Waals surface area contributed by atoms with Gasteiger partial charge in [0.2, 0.25) is 0 Å². The van der Waals surface area contributed by atoms with Gasteiger partial charge in [0.05, 0.1) is 4.83 Å². The van der Waals surface area contributed by atoms with Crippen molar-refractivity contribution in [3.63, 3.8) is 0 Å². The normalized spacial score (nSPS) is 12.6. The highest BCUT2D eigenvalue weighted by atomic mass is 79.9. The van der Waals surface area contributed by atoms with Crippen LogP contribution in [0.25, 0.3) is 0 Å². The van der Waals surface area contributed by atoms with Crippen LogP contribution < -0.4 is 0 Å². The van der Waals surface area contributed by atoms with Crippen molar-refractivity contribution in [2.24, 2.45) is 0 Å². The Bertz CT molecular complexity index is 274. The molecule has 0 fully saturated rings. The summed E-state index contributed by atoms with van der Waals surface area (Å²) in [5, 5.41) is 0. The van der Waals surface area contributed by atoms with Crippen LogP contribution in [0.4, 0.5) is 0 Å². The number of aryl methyl sites for hydroxylation is 2. The minimum absolute atomic E-state index is 0.168. The lowest BCUT2D eigenvalue weighted by Crippen LogP contribution is -1.97. The zero-order valence-electron chi connectivity index (χ0n) is 7.17. The molecule has 12 heavy (non-hydrogen) atoms. The molecule has 1 aromatic rings. The predicted molar refractivity (Wildman–Crippen MR) is 53.6 cm³/mol. The number of hydrogen-bond donors (Lipinski definition) is 0. The Morgan fingerprint density at radius 1 is 1.33 bits per heavy atom. The van der Waals surface area contributed by atoms with Gasteiger partial charge in [0, 0.05) is 0 Å². The summed E-state index contributed by atoms with van der Waals surface area (Å²) in [6.45, 7) is 4.03. The van der Waals surface area contributed by atoms with Gasteiger partial charge in [-0.3, -0.25) is 0 Å². The van der Waals surface area contributed by atoms with Crippen LogP contribution in [0.15, 0.2) is 18.2 Å². The van der Waals surface area contributed by atoms with Crippen molar-refractivity contribution in [3.05, 3.63) is 34.9 Å². The summed E-state index contributed by atoms with van der Waals surface area (Å²) in [5.74, 6) is 0. The van der Waals surface area contributed by atoms with Crippen LogP contribution in [0.5, 0.6) is 0 Å². The Balaban J connectivity index is 3.20. The topological polar surface area (TPSA) is 17.1 Å². The van der Waals surface area contributed by atoms with Crippen molar-refractivity contribution in [1.29, 1.82) is 0 Å². The Kier molecular flexibility index (Phi) is 3.04. The van der Waals surface area contributed by atoms with Gasteiger partial charge >= 0.3 is 0 Å². The molecule has 0 radical (unpaired) electrons. The molecule has 1 rings (SSSR count). The summed E-state index contributed by atoms with van der Waals surface area (Å²) in [6, 6.07) is 6.03. The van der Waals surface area contributed by atoms with Crippen LogP contribution in [0.1, 0.15) is 21.5 Å². The fraction of sp³-hybridized carbons (Fsp3) is 0.300. The van der Waals surface area contributed by atoms with Gasteiger partial charge < -0.3 is 4.79 Å². The molecular weight excluding hydrogens is 216 g/mol. The lowest BCUT2D eigenvalue weighted by atomic mass is 10.0. The standard InChI is InChI=1S/C10H11BrO/c1-7-4-3-5-8(2)10(7)9(11)6-12/h3-6,9H,1-2H3. The molecule has 1 unspecified atom stereocenters. The molecule has 2 heteroatoms. The minimum atomic E-state index is -0.168. The number of hydrogen-bond acceptors (Lipinski definition) is 1. The van der Waals surface area contributed by atoms with Gasteiger partial charge in [-0.15, -0.1) is 0 Å². The predicted octanol–water partition coefficient (Wildman–Crippen LogP) is 2.94. The largest absolute Gasteiger partial charge is 0.302 e. The molecule has 0 N–H and O–H groups in total. The lowest BCUT2D eigenvalue weighted by Gasteiger charge is -2.10. The highest BCUT2D eigenvalue weighted by Gasteiger charge is 2.10. The first-order chi connectivity index (χ1) is 5.66. The van der Waals surface area contributed by atoms with E-state index in [-0.39, 0.29) is 4.83 Å². The van der Waals surface area contributed by atoms with Gasteiger partial charge in [-0.05, 0) is 30.5 Å². The number of benzene rings is 1. The molecule has 0 bridgehead atoms. The Morgan fingerprint density at radius 2 is 1.83 bits per heavy atom. The van der Waals surface area contributed by atoms with Crippen LogP contribution in [0.2, 0.25) is 0 Å². The maximum absolute atomic E-state index is 10.6. The quantitative estimate of drug-likeness (QED) is 0.560. The summed E-state index contributed by atoms with van der Waals surface area (Å²) in [6.07, 6.45) is 0.912. The van der Waals surface area contributed by atoms with Gasteiger partial charge in [0.25, 0.3) is 0 Å². The van der Waals surface area contributed by atoms with E-state index < -0.39 is 0 Å². The van der Waals surface area contributed by atoms with E-state index >= 15 is 0 Å². The molecule has 0 aliphatic carbocycles. The van der Waals surface area contributed by atoms with E-state index in [0.29, 0.717) is 0 Å². The van der Waals surface area contributed by atoms with Crippen molar-refractivity contribution in [2.45, 2.75) is 18.7 Å². The van der Waals surface area contributed by atoms with Crippen molar-refractivity contribution >= 4 is 22.2 Å². The monoisotopic (exact) mass is 226 g/mol. The van der Waals surface area contributed by atoms with Crippen molar-refractivity contribution in [2.75, 3.05) is 0 Å². The van der Waals surface area contributed by atoms with E-state index in [0.717, 1.165) is 23.0 Å². The highest BCUT2D eigenvalue weighted by Crippen LogP contribution is 2.26. The average molecular weight is 227 g/mol. The van der Waals surface area contributed by atoms with Crippen molar-refractivity contribution < 1.29 is 4.79 Å². The van der Waals surface area contributed by atoms with Gasteiger partial charge in [0.15, 0.2) is 0 Å². The van der Waals surface area contributed by atoms with E-state index in [4.69, 9.17) is 0 Å². The number of alkyl halides is 1. The van der Waals surface area contributed by atoms with E-state index in [1.165, 1.54) is 0 Å². The molecule has 0 saturated heterocycles. The van der Waals surface area contributed by atoms with Crippen molar-refractivity contribution in [1.82, 2.24) is 0 Å². The van der Waals surface area contributed by atoms with E-state index in [1.54, 1.807) is 0 Å². The first-order valence-electron chi connectivity index (χ1n) is 3.82. The number of carbonyl (C=O) groups excluding carboxylic acids is 1. The zero-order valence-corrected chi connectivity index (χ0v) is 8.76. The second kappa shape index (κ2) is 3.85. The van der Waals surface area contributed by atoms with Gasteiger partial charge in [-0.2, -0.15) is 0 Å². The summed E-state index contributed by atoms with van der Waals surface area (Å²) in [7, 11) is 0. The number of carbonyl (C=O) groups is 1. The molecule has 1 atom stereocenters. The van der Waals surface area contributed by atoms with Gasteiger partial charge in [-0.1, -0.05) is 34.1 Å². The van der Waals surface area contributed by atoms with E-state index in [9.17, 15) is 4.79 Å². The van der Waals surface area contributed by atoms with Crippen LogP contribution in [-0.4, -0.2) is 6.29 Å². The molecule has 0 aliphatic heterocycles. The highest BCUT2D eigenvalue weighted by molar-refractivity contribution is 9.09. The Morgan fingerprint density at radius 3 is 2.25 bits per heavy atom. The summed E-state index contributed by atoms with van der Waals surface area (Å²) >= 11 is 3.32. The molecule has 64 valence electrons. The summed E-state index contributed by atoms with van der Waals surface area (Å²) in [5.41, 5.74) is 3.40. The lowest BCUT2D eigenvalue weighted by molar-refractivity contribution is -0.107. The Hall–Kier alpha value is -0.630. The second-order valence-corrected chi connectivity index (χ2v) is 3.83. The summed E-state index contributed by atoms with van der Waals surface area (Å²) in [4.78, 5) is 10.4. The second-order valence-electron chi connectivity index (χ2n) is 2.84. The molecule has 0 saturated carbocycles. The number of aldehydes is 1. The molecule has 1 aromatic carbocycles. The van der Waals surface area contributed by atoms with Crippen LogP contribution in [-0.2, 0) is 4.79 Å². The van der Waals surface area contributed by atoms with Crippen LogP contribution in [0, 0.1) is 13.8 Å². The molecular formula is C10H11BrO. The SMILES string of the molecule is Cc1cccc(C)c1C(Br)C=O. The van der Waals surface area contributed by atoms with E-state index in [2.05, 4.69) is 15.9 Å². The fourth-order valence-electron chi connectivity index (χ4n) is 1.33. The first kappa shape index (κ1) is 9.46. The fourth-order valence-corrected chi connectivity index (χ4v) is 2.05. The van der Waals surface area contributed by atoms with Crippen LogP contribution in [0.3, 0.4) is 0 Å². The maximum atomic E-state index is 10.6. The molecule has 1 nitrogen and oxygen atoms in total. The van der Waals surface area contributed by atoms with Gasteiger partial charge in [0.1, 0.15) is 6.29 Å². The smallest absolute Gasteiger partial charge is 0.138 e. The molecule has 0 aliphatic rings. The third-order valence-corrected chi connectivity index (χ3v) is 2.61. The molecule has 0 heterocycles. The first-order valence-corrected chi connectivity index (χ1v) is 4.74. The summed E-state index contributed by atoms with van der Waals surface area (Å²) < 4.78 is 0. The number of halogens is 1. The zero-order chi connectivity index (χ0) is 9.14. The molecule has 0 spiro atoms. The molecule has 0 aromatic heterocycles. The minimum Gasteiger partial charge on any atom is -0.302 e. The van der Waals surface area contributed by atoms with Crippen LogP contribution >= 0.6 is 15.9 Å². The average Bonchev–Trinajstić information content (AvgIpc) is 2.03.